The SMILES string of the molecule is C#CC#CN(C(=O)c1cccc(CNC(=O)CN)c1-c1ccccc1)[C@H](C(=O)NO)[C@@H](C)O. The fourth-order valence-electron chi connectivity index (χ4n) is 3.22. The number of hydrogen-bond donors (Lipinski definition) is 5. The van der Waals surface area contributed by atoms with Crippen LogP contribution in [0, 0.1) is 24.3 Å². The molecule has 9 nitrogen and oxygen atoms in total. The molecule has 0 saturated heterocycles. The van der Waals surface area contributed by atoms with Crippen LogP contribution in [0.1, 0.15) is 22.8 Å². The molecule has 0 radical (unpaired) electrons. The van der Waals surface area contributed by atoms with Crippen LogP contribution in [0.3, 0.4) is 0 Å². The normalized spacial score (nSPS) is 11.7. The van der Waals surface area contributed by atoms with E-state index in [2.05, 4.69) is 23.2 Å². The zero-order valence-electron chi connectivity index (χ0n) is 17.9. The first kappa shape index (κ1) is 25.1. The standard InChI is InChI=1S/C24H24N4O5/c1-3-4-13-28(22(16(2)29)23(31)27-33)24(32)19-12-8-11-18(15-26-20(30)14-25)21(19)17-9-6-5-7-10-17/h1,5-12,16,22,29,33H,14-15,25H2,2H3,(H,26,30)(H,27,31)/t16-,22+/m1/s1. The monoisotopic (exact) mass is 448 g/mol. The smallest absolute Gasteiger partial charge is 0.269 e. The lowest BCUT2D eigenvalue weighted by molar-refractivity contribution is -0.136. The molecule has 0 aliphatic heterocycles. The maximum atomic E-state index is 13.6. The number of hydroxylamine groups is 1. The van der Waals surface area contributed by atoms with Gasteiger partial charge in [-0.3, -0.25) is 24.5 Å². The van der Waals surface area contributed by atoms with Crippen molar-refractivity contribution in [1.82, 2.24) is 15.7 Å². The third-order valence-corrected chi connectivity index (χ3v) is 4.69. The van der Waals surface area contributed by atoms with Crippen molar-refractivity contribution in [2.45, 2.75) is 25.6 Å². The van der Waals surface area contributed by atoms with Gasteiger partial charge in [-0.1, -0.05) is 42.5 Å². The van der Waals surface area contributed by atoms with Crippen molar-refractivity contribution >= 4 is 17.7 Å². The van der Waals surface area contributed by atoms with E-state index in [-0.39, 0.29) is 24.6 Å². The predicted molar refractivity (Wildman–Crippen MR) is 121 cm³/mol. The van der Waals surface area contributed by atoms with Gasteiger partial charge in [0.1, 0.15) is 0 Å². The molecule has 0 saturated carbocycles. The fourth-order valence-corrected chi connectivity index (χ4v) is 3.22. The van der Waals surface area contributed by atoms with Gasteiger partial charge in [0.05, 0.1) is 12.6 Å². The number of carbonyl (C=O) groups excluding carboxylic acids is 3. The Hall–Kier alpha value is -4.15. The Morgan fingerprint density at radius 3 is 2.42 bits per heavy atom. The first-order chi connectivity index (χ1) is 15.8. The summed E-state index contributed by atoms with van der Waals surface area (Å²) in [5.41, 5.74) is 8.71. The first-order valence-corrected chi connectivity index (χ1v) is 9.91. The van der Waals surface area contributed by atoms with Crippen molar-refractivity contribution in [2.24, 2.45) is 5.73 Å². The summed E-state index contributed by atoms with van der Waals surface area (Å²) in [6, 6.07) is 14.7. The summed E-state index contributed by atoms with van der Waals surface area (Å²) in [6.45, 7) is 1.17. The van der Waals surface area contributed by atoms with Crippen molar-refractivity contribution in [3.05, 3.63) is 59.7 Å². The average Bonchev–Trinajstić information content (AvgIpc) is 2.84. The van der Waals surface area contributed by atoms with Crippen molar-refractivity contribution in [1.29, 1.82) is 0 Å². The molecule has 0 aromatic heterocycles. The quantitative estimate of drug-likeness (QED) is 0.169. The highest BCUT2D eigenvalue weighted by molar-refractivity contribution is 6.04. The summed E-state index contributed by atoms with van der Waals surface area (Å²) in [5, 5.41) is 21.9. The minimum Gasteiger partial charge on any atom is -0.391 e. The number of carbonyl (C=O) groups is 3. The van der Waals surface area contributed by atoms with Crippen LogP contribution in [0.4, 0.5) is 0 Å². The second kappa shape index (κ2) is 12.0. The Morgan fingerprint density at radius 1 is 1.15 bits per heavy atom. The Kier molecular flexibility index (Phi) is 9.16. The lowest BCUT2D eigenvalue weighted by atomic mass is 9.93. The van der Waals surface area contributed by atoms with E-state index in [0.29, 0.717) is 16.7 Å². The molecular weight excluding hydrogens is 424 g/mol. The van der Waals surface area contributed by atoms with Gasteiger partial charge in [-0.2, -0.15) is 0 Å². The molecule has 9 heteroatoms. The number of rotatable bonds is 8. The first-order valence-electron chi connectivity index (χ1n) is 9.91. The van der Waals surface area contributed by atoms with Gasteiger partial charge in [0, 0.05) is 24.1 Å². The van der Waals surface area contributed by atoms with Crippen molar-refractivity contribution in [3.8, 4) is 35.4 Å². The number of aliphatic hydroxyl groups is 1. The molecule has 2 atom stereocenters. The number of terminal acetylenes is 1. The zero-order chi connectivity index (χ0) is 24.4. The molecular formula is C24H24N4O5. The summed E-state index contributed by atoms with van der Waals surface area (Å²) in [4.78, 5) is 38.3. The van der Waals surface area contributed by atoms with E-state index in [4.69, 9.17) is 17.4 Å². The predicted octanol–water partition coefficient (Wildman–Crippen LogP) is 0.220. The van der Waals surface area contributed by atoms with Crippen LogP contribution in [-0.2, 0) is 16.1 Å². The van der Waals surface area contributed by atoms with Crippen molar-refractivity contribution < 1.29 is 24.7 Å². The molecule has 33 heavy (non-hydrogen) atoms. The molecule has 170 valence electrons. The van der Waals surface area contributed by atoms with Gasteiger partial charge in [-0.05, 0) is 35.6 Å². The molecule has 6 N–H and O–H groups in total. The third kappa shape index (κ3) is 6.19. The van der Waals surface area contributed by atoms with Crippen LogP contribution in [0.25, 0.3) is 11.1 Å². The van der Waals surface area contributed by atoms with Crippen LogP contribution in [0.15, 0.2) is 48.5 Å². The summed E-state index contributed by atoms with van der Waals surface area (Å²) >= 11 is 0. The van der Waals surface area contributed by atoms with Gasteiger partial charge in [0.25, 0.3) is 11.8 Å². The molecule has 2 aromatic rings. The fraction of sp³-hybridized carbons (Fsp3) is 0.208. The highest BCUT2D eigenvalue weighted by Crippen LogP contribution is 2.29. The topological polar surface area (TPSA) is 145 Å². The van der Waals surface area contributed by atoms with Crippen LogP contribution < -0.4 is 16.5 Å². The number of hydrogen-bond acceptors (Lipinski definition) is 6. The van der Waals surface area contributed by atoms with E-state index in [1.54, 1.807) is 36.4 Å². The van der Waals surface area contributed by atoms with Gasteiger partial charge in [-0.25, -0.2) is 5.48 Å². The van der Waals surface area contributed by atoms with Crippen molar-refractivity contribution in [2.75, 3.05) is 6.54 Å². The van der Waals surface area contributed by atoms with Crippen molar-refractivity contribution in [3.63, 3.8) is 0 Å². The van der Waals surface area contributed by atoms with Gasteiger partial charge >= 0.3 is 0 Å². The van der Waals surface area contributed by atoms with E-state index < -0.39 is 24.0 Å². The molecule has 0 unspecified atom stereocenters. The van der Waals surface area contributed by atoms with Gasteiger partial charge in [0.15, 0.2) is 6.04 Å². The average molecular weight is 448 g/mol. The molecule has 0 heterocycles. The lowest BCUT2D eigenvalue weighted by Crippen LogP contribution is -2.52. The lowest BCUT2D eigenvalue weighted by Gasteiger charge is -2.28. The summed E-state index contributed by atoms with van der Waals surface area (Å²) in [7, 11) is 0. The molecule has 0 aliphatic carbocycles. The molecule has 0 fully saturated rings. The molecule has 0 aliphatic rings. The highest BCUT2D eigenvalue weighted by atomic mass is 16.5. The maximum Gasteiger partial charge on any atom is 0.269 e. The Labute approximate surface area is 191 Å². The Bertz CT molecular complexity index is 1110. The Balaban J connectivity index is 2.69. The van der Waals surface area contributed by atoms with E-state index in [1.165, 1.54) is 18.5 Å². The number of benzene rings is 2. The zero-order valence-corrected chi connectivity index (χ0v) is 17.9. The van der Waals surface area contributed by atoms with E-state index in [1.807, 2.05) is 6.07 Å². The number of amides is 3. The molecule has 0 spiro atoms. The molecule has 3 amide bonds. The van der Waals surface area contributed by atoms with Crippen LogP contribution >= 0.6 is 0 Å². The second-order valence-corrected chi connectivity index (χ2v) is 6.90. The van der Waals surface area contributed by atoms with E-state index >= 15 is 0 Å². The summed E-state index contributed by atoms with van der Waals surface area (Å²) in [6.07, 6.45) is 3.81. The summed E-state index contributed by atoms with van der Waals surface area (Å²) in [5.74, 6) is 2.18. The highest BCUT2D eigenvalue weighted by Gasteiger charge is 2.35. The second-order valence-electron chi connectivity index (χ2n) is 6.90. The number of nitrogens with two attached hydrogens (primary N) is 1. The third-order valence-electron chi connectivity index (χ3n) is 4.69. The largest absolute Gasteiger partial charge is 0.391 e. The van der Waals surface area contributed by atoms with E-state index in [0.717, 1.165) is 4.90 Å². The number of aliphatic hydroxyl groups excluding tert-OH is 1. The van der Waals surface area contributed by atoms with Crippen LogP contribution in [0.2, 0.25) is 0 Å². The molecule has 0 bridgehead atoms. The minimum atomic E-state index is -1.55. The minimum absolute atomic E-state index is 0.0916. The Morgan fingerprint density at radius 2 is 1.85 bits per heavy atom. The number of nitrogens with zero attached hydrogens (tertiary/aromatic N) is 1. The van der Waals surface area contributed by atoms with Gasteiger partial charge < -0.3 is 16.2 Å². The molecule has 2 aromatic carbocycles. The molecule has 2 rings (SSSR count). The van der Waals surface area contributed by atoms with Gasteiger partial charge in [-0.15, -0.1) is 6.42 Å². The van der Waals surface area contributed by atoms with Gasteiger partial charge in [0.2, 0.25) is 5.91 Å². The number of nitrogens with one attached hydrogen (secondary N) is 2. The van der Waals surface area contributed by atoms with E-state index in [9.17, 15) is 19.5 Å². The van der Waals surface area contributed by atoms with Crippen LogP contribution in [-0.4, -0.2) is 51.6 Å². The van der Waals surface area contributed by atoms with Crippen LogP contribution in [0.5, 0.6) is 0 Å². The maximum absolute atomic E-state index is 13.6. The summed E-state index contributed by atoms with van der Waals surface area (Å²) < 4.78 is 0.